The van der Waals surface area contributed by atoms with Gasteiger partial charge in [0.1, 0.15) is 11.6 Å². The zero-order valence-electron chi connectivity index (χ0n) is 42.8. The minimum absolute atomic E-state index is 0.0326. The number of allylic oxidation sites excluding steroid dienone is 1. The number of para-hydroxylation sites is 1. The molecule has 4 aliphatic rings. The van der Waals surface area contributed by atoms with E-state index in [-0.39, 0.29) is 23.4 Å². The molecule has 16 heteroatoms. The van der Waals surface area contributed by atoms with Crippen LogP contribution >= 0.6 is 11.3 Å². The van der Waals surface area contributed by atoms with Crippen molar-refractivity contribution in [1.82, 2.24) is 30.0 Å². The summed E-state index contributed by atoms with van der Waals surface area (Å²) in [7, 11) is 1.92. The van der Waals surface area contributed by atoms with Gasteiger partial charge in [0.15, 0.2) is 10.8 Å². The van der Waals surface area contributed by atoms with E-state index in [1.807, 2.05) is 103 Å². The third-order valence-electron chi connectivity index (χ3n) is 15.9. The summed E-state index contributed by atoms with van der Waals surface area (Å²) in [6.07, 6.45) is 10.2. The summed E-state index contributed by atoms with van der Waals surface area (Å²) in [4.78, 5) is 67.3. The van der Waals surface area contributed by atoms with E-state index in [1.165, 1.54) is 35.4 Å². The molecule has 0 spiro atoms. The van der Waals surface area contributed by atoms with Crippen molar-refractivity contribution in [2.24, 2.45) is 18.9 Å². The number of benzene rings is 4. The number of imide groups is 1. The summed E-state index contributed by atoms with van der Waals surface area (Å²) in [5.41, 5.74) is 9.70. The number of rotatable bonds is 14. The van der Waals surface area contributed by atoms with Gasteiger partial charge in [-0.1, -0.05) is 61.1 Å². The average Bonchev–Trinajstić information content (AvgIpc) is 3.99. The van der Waals surface area contributed by atoms with E-state index in [0.717, 1.165) is 107 Å². The molecule has 3 N–H and O–H groups in total. The third-order valence-corrected chi connectivity index (χ3v) is 16.9. The number of aromatic nitrogens is 4. The molecule has 3 aliphatic heterocycles. The summed E-state index contributed by atoms with van der Waals surface area (Å²) in [5, 5.41) is 22.3. The number of nitrogens with zero attached hydrogens (tertiary/aromatic N) is 7. The zero-order valence-corrected chi connectivity index (χ0v) is 43.6. The van der Waals surface area contributed by atoms with E-state index in [2.05, 4.69) is 50.5 Å². The fourth-order valence-electron chi connectivity index (χ4n) is 11.6. The average molecular weight is 1030 g/mol. The van der Waals surface area contributed by atoms with Crippen LogP contribution in [0.5, 0.6) is 5.75 Å². The van der Waals surface area contributed by atoms with Crippen LogP contribution in [0.1, 0.15) is 107 Å². The highest BCUT2D eigenvalue weighted by molar-refractivity contribution is 7.22. The maximum Gasteiger partial charge on any atom is 0.355 e. The van der Waals surface area contributed by atoms with Gasteiger partial charge < -0.3 is 19.6 Å². The van der Waals surface area contributed by atoms with Gasteiger partial charge in [-0.3, -0.25) is 34.6 Å². The number of nitrogens with one attached hydrogen (secondary N) is 2. The van der Waals surface area contributed by atoms with Crippen LogP contribution in [0.25, 0.3) is 32.2 Å². The van der Waals surface area contributed by atoms with E-state index >= 15 is 0 Å². The molecule has 0 radical (unpaired) electrons. The third kappa shape index (κ3) is 10.6. The largest absolute Gasteiger partial charge is 0.476 e. The summed E-state index contributed by atoms with van der Waals surface area (Å²) < 4.78 is 9.23. The molecular formula is C59H63N9O6S. The number of fused-ring (bicyclic) bond motifs is 3. The standard InChI is InChI=1S/C59H63N9O6S/c1-36(33-66-28-30-67(31-29-66)41-20-21-45-49(32-41)65(3)64-54(45)46-23-25-53(69)62-57(46)71)14-15-38-16-18-39(19-17-38)35-74-50-12-7-9-42(37(50)2)43-22-24-52(61-55(43)58(72)73)68-27-26-40-8-6-10-44(47(40)34-68)56(70)63-59-60-48-11-4-5-13-51(48)75-59/h4-13,20-22,24,32,35-36,38,46H,14-19,23,25-31,33-34H2,1-3H3,(H,72,73)(H,60,63,70)(H,62,69,71)/t36-,38?,46?/m0/s1. The van der Waals surface area contributed by atoms with E-state index in [4.69, 9.17) is 14.8 Å². The molecule has 3 amide bonds. The number of carboxylic acid groups (broad SMARTS) is 1. The van der Waals surface area contributed by atoms with Crippen molar-refractivity contribution < 1.29 is 29.0 Å². The Hall–Kier alpha value is -7.43. The molecule has 3 aromatic heterocycles. The van der Waals surface area contributed by atoms with Gasteiger partial charge in [-0.15, -0.1) is 0 Å². The Morgan fingerprint density at radius 2 is 1.69 bits per heavy atom. The zero-order chi connectivity index (χ0) is 51.7. The number of piperazine rings is 1. The molecule has 1 unspecified atom stereocenters. The van der Waals surface area contributed by atoms with Crippen LogP contribution in [0.15, 0.2) is 103 Å². The monoisotopic (exact) mass is 1030 g/mol. The number of carbonyl (C=O) groups excluding carboxylic acids is 3. The smallest absolute Gasteiger partial charge is 0.355 e. The van der Waals surface area contributed by atoms with Crippen LogP contribution in [-0.2, 0) is 29.6 Å². The first kappa shape index (κ1) is 49.8. The van der Waals surface area contributed by atoms with E-state index in [1.54, 1.807) is 0 Å². The molecule has 0 bridgehead atoms. The van der Waals surface area contributed by atoms with Crippen molar-refractivity contribution in [2.45, 2.75) is 84.1 Å². The van der Waals surface area contributed by atoms with Crippen LogP contribution in [0.3, 0.4) is 0 Å². The Morgan fingerprint density at radius 3 is 2.49 bits per heavy atom. The first-order valence-corrected chi connectivity index (χ1v) is 27.2. The lowest BCUT2D eigenvalue weighted by molar-refractivity contribution is -0.134. The number of carbonyl (C=O) groups is 4. The number of hydrogen-bond acceptors (Lipinski definition) is 12. The van der Waals surface area contributed by atoms with Crippen LogP contribution in [-0.4, -0.2) is 92.7 Å². The van der Waals surface area contributed by atoms with E-state index < -0.39 is 11.9 Å². The van der Waals surface area contributed by atoms with Crippen molar-refractivity contribution in [3.05, 3.63) is 136 Å². The molecule has 3 fully saturated rings. The van der Waals surface area contributed by atoms with Crippen LogP contribution in [0.4, 0.5) is 16.6 Å². The molecule has 15 nitrogen and oxygen atoms in total. The van der Waals surface area contributed by atoms with Crippen molar-refractivity contribution >= 4 is 72.8 Å². The number of amides is 3. The number of piperidine rings is 1. The Kier molecular flexibility index (Phi) is 14.2. The number of hydrogen-bond donors (Lipinski definition) is 3. The van der Waals surface area contributed by atoms with Gasteiger partial charge in [-0.2, -0.15) is 5.10 Å². The molecule has 1 saturated carbocycles. The Labute approximate surface area is 440 Å². The first-order chi connectivity index (χ1) is 36.4. The summed E-state index contributed by atoms with van der Waals surface area (Å²) >= 11 is 1.44. The number of aromatic carboxylic acids is 1. The second-order valence-corrected chi connectivity index (χ2v) is 21.9. The quantitative estimate of drug-likeness (QED) is 0.0696. The van der Waals surface area contributed by atoms with Crippen LogP contribution in [0.2, 0.25) is 0 Å². The lowest BCUT2D eigenvalue weighted by Gasteiger charge is -2.37. The highest BCUT2D eigenvalue weighted by Gasteiger charge is 2.32. The van der Waals surface area contributed by atoms with Gasteiger partial charge in [-0.25, -0.2) is 14.8 Å². The maximum atomic E-state index is 13.7. The van der Waals surface area contributed by atoms with Gasteiger partial charge in [0, 0.05) is 81.5 Å². The van der Waals surface area contributed by atoms with Crippen LogP contribution < -0.4 is 25.2 Å². The SMILES string of the molecule is Cc1c(OC=C2CCC(CC[C@H](C)CN3CCN(c4ccc5c(C6CCC(=O)NC6=O)nn(C)c5c4)CC3)CC2)cccc1-c1ccc(N2CCc3cccc(C(=O)Nc4nc5ccccc5s4)c3C2)nc1C(=O)O. The Bertz CT molecular complexity index is 3330. The lowest BCUT2D eigenvalue weighted by atomic mass is 9.82. The fraction of sp³-hybridized carbons (Fsp3) is 0.373. The number of anilines is 3. The van der Waals surface area contributed by atoms with Gasteiger partial charge in [0.25, 0.3) is 5.91 Å². The normalized spacial score (nSPS) is 18.7. The number of thiazole rings is 1. The van der Waals surface area contributed by atoms with E-state index in [0.29, 0.717) is 72.0 Å². The van der Waals surface area contributed by atoms with Crippen molar-refractivity contribution in [3.8, 4) is 16.9 Å². The van der Waals surface area contributed by atoms with Crippen molar-refractivity contribution in [2.75, 3.05) is 54.4 Å². The molecule has 2 saturated heterocycles. The maximum absolute atomic E-state index is 13.7. The fourth-order valence-corrected chi connectivity index (χ4v) is 12.5. The second kappa shape index (κ2) is 21.4. The summed E-state index contributed by atoms with van der Waals surface area (Å²) in [6, 6.07) is 29.5. The topological polar surface area (TPSA) is 175 Å². The van der Waals surface area contributed by atoms with Gasteiger partial charge in [-0.05, 0) is 146 Å². The van der Waals surface area contributed by atoms with Gasteiger partial charge >= 0.3 is 5.97 Å². The molecule has 386 valence electrons. The van der Waals surface area contributed by atoms with Crippen LogP contribution in [0, 0.1) is 18.8 Å². The molecule has 75 heavy (non-hydrogen) atoms. The number of aryl methyl sites for hydroxylation is 1. The molecular weight excluding hydrogens is 963 g/mol. The highest BCUT2D eigenvalue weighted by Crippen LogP contribution is 2.38. The lowest BCUT2D eigenvalue weighted by Crippen LogP contribution is -2.47. The Balaban J connectivity index is 0.655. The molecule has 7 aromatic rings. The Morgan fingerprint density at radius 1 is 0.880 bits per heavy atom. The minimum Gasteiger partial charge on any atom is -0.476 e. The number of ether oxygens (including phenoxy) is 1. The predicted molar refractivity (Wildman–Crippen MR) is 294 cm³/mol. The molecule has 11 rings (SSSR count). The molecule has 6 heterocycles. The molecule has 2 atom stereocenters. The van der Waals surface area contributed by atoms with Gasteiger partial charge in [0.2, 0.25) is 11.8 Å². The highest BCUT2D eigenvalue weighted by atomic mass is 32.1. The predicted octanol–water partition coefficient (Wildman–Crippen LogP) is 10.3. The van der Waals surface area contributed by atoms with Gasteiger partial charge in [0.05, 0.1) is 33.6 Å². The first-order valence-electron chi connectivity index (χ1n) is 26.4. The second-order valence-electron chi connectivity index (χ2n) is 20.9. The number of carboxylic acids is 1. The summed E-state index contributed by atoms with van der Waals surface area (Å²) in [5.74, 6) is 0.327. The van der Waals surface area contributed by atoms with E-state index in [9.17, 15) is 24.3 Å². The summed E-state index contributed by atoms with van der Waals surface area (Å²) in [6.45, 7) is 10.5. The van der Waals surface area contributed by atoms with Crippen molar-refractivity contribution in [1.29, 1.82) is 0 Å². The van der Waals surface area contributed by atoms with Crippen molar-refractivity contribution in [3.63, 3.8) is 0 Å². The number of pyridine rings is 1. The molecule has 4 aromatic carbocycles. The molecule has 1 aliphatic carbocycles. The minimum atomic E-state index is -1.11.